The lowest BCUT2D eigenvalue weighted by molar-refractivity contribution is 0.110. The van der Waals surface area contributed by atoms with Gasteiger partial charge in [0.25, 0.3) is 0 Å². The number of methoxy groups -OCH3 is 1. The van der Waals surface area contributed by atoms with Gasteiger partial charge in [0.05, 0.1) is 6.10 Å². The van der Waals surface area contributed by atoms with E-state index in [1.54, 1.807) is 13.0 Å². The van der Waals surface area contributed by atoms with E-state index < -0.39 is 0 Å². The van der Waals surface area contributed by atoms with Crippen molar-refractivity contribution in [1.82, 2.24) is 0 Å². The molecular formula is C10H19O. The third kappa shape index (κ3) is 3.24. The number of rotatable bonds is 3. The van der Waals surface area contributed by atoms with E-state index in [2.05, 4.69) is 6.92 Å². The molecule has 0 heterocycles. The highest BCUT2D eigenvalue weighted by Crippen LogP contribution is 2.29. The molecule has 0 aromatic rings. The van der Waals surface area contributed by atoms with Crippen molar-refractivity contribution in [2.24, 2.45) is 0 Å². The van der Waals surface area contributed by atoms with Crippen molar-refractivity contribution in [2.45, 2.75) is 51.6 Å². The average molecular weight is 155 g/mol. The van der Waals surface area contributed by atoms with Crippen LogP contribution in [0.5, 0.6) is 0 Å². The van der Waals surface area contributed by atoms with Gasteiger partial charge in [-0.15, -0.1) is 0 Å². The van der Waals surface area contributed by atoms with Gasteiger partial charge in [0.1, 0.15) is 0 Å². The molecule has 1 aliphatic rings. The van der Waals surface area contributed by atoms with Crippen LogP contribution in [-0.2, 0) is 4.74 Å². The zero-order valence-corrected chi connectivity index (χ0v) is 7.73. The highest BCUT2D eigenvalue weighted by Gasteiger charge is 2.16. The van der Waals surface area contributed by atoms with Crippen molar-refractivity contribution < 1.29 is 4.74 Å². The number of ether oxygens (including phenoxy) is 1. The summed E-state index contributed by atoms with van der Waals surface area (Å²) >= 11 is 0. The van der Waals surface area contributed by atoms with Crippen molar-refractivity contribution in [2.75, 3.05) is 7.11 Å². The summed E-state index contributed by atoms with van der Waals surface area (Å²) in [6, 6.07) is 0. The Morgan fingerprint density at radius 1 is 1.27 bits per heavy atom. The van der Waals surface area contributed by atoms with Gasteiger partial charge >= 0.3 is 0 Å². The second kappa shape index (κ2) is 4.76. The van der Waals surface area contributed by atoms with Crippen molar-refractivity contribution in [1.29, 1.82) is 0 Å². The van der Waals surface area contributed by atoms with Crippen LogP contribution in [0.4, 0.5) is 0 Å². The predicted molar refractivity (Wildman–Crippen MR) is 47.4 cm³/mol. The van der Waals surface area contributed by atoms with E-state index in [4.69, 9.17) is 4.74 Å². The molecule has 0 aliphatic heterocycles. The maximum Gasteiger partial charge on any atom is 0.0548 e. The summed E-state index contributed by atoms with van der Waals surface area (Å²) in [5, 5.41) is 0. The Hall–Kier alpha value is -0.0400. The summed E-state index contributed by atoms with van der Waals surface area (Å²) in [6.45, 7) is 2.15. The van der Waals surface area contributed by atoms with Gasteiger partial charge in [-0.1, -0.05) is 19.3 Å². The molecule has 0 amide bonds. The summed E-state index contributed by atoms with van der Waals surface area (Å²) < 4.78 is 5.23. The maximum atomic E-state index is 5.23. The number of hydrogen-bond acceptors (Lipinski definition) is 1. The van der Waals surface area contributed by atoms with Gasteiger partial charge in [-0.2, -0.15) is 0 Å². The molecule has 1 radical (unpaired) electrons. The molecule has 1 atom stereocenters. The van der Waals surface area contributed by atoms with Crippen molar-refractivity contribution >= 4 is 0 Å². The zero-order valence-electron chi connectivity index (χ0n) is 7.73. The van der Waals surface area contributed by atoms with E-state index in [0.29, 0.717) is 6.10 Å². The van der Waals surface area contributed by atoms with E-state index in [1.807, 2.05) is 0 Å². The lowest BCUT2D eigenvalue weighted by Gasteiger charge is -2.23. The van der Waals surface area contributed by atoms with Gasteiger partial charge in [0, 0.05) is 7.11 Å². The Labute approximate surface area is 70.1 Å². The smallest absolute Gasteiger partial charge is 0.0548 e. The second-order valence-corrected chi connectivity index (χ2v) is 3.56. The normalized spacial score (nSPS) is 23.5. The highest BCUT2D eigenvalue weighted by molar-refractivity contribution is 4.93. The molecule has 1 heteroatoms. The average Bonchev–Trinajstić information content (AvgIpc) is 2.06. The second-order valence-electron chi connectivity index (χ2n) is 3.56. The van der Waals surface area contributed by atoms with E-state index in [1.165, 1.54) is 38.5 Å². The summed E-state index contributed by atoms with van der Waals surface area (Å²) in [4.78, 5) is 0. The fourth-order valence-corrected chi connectivity index (χ4v) is 1.75. The Morgan fingerprint density at radius 3 is 2.45 bits per heavy atom. The minimum Gasteiger partial charge on any atom is -0.382 e. The van der Waals surface area contributed by atoms with Crippen LogP contribution in [0.2, 0.25) is 0 Å². The van der Waals surface area contributed by atoms with Crippen LogP contribution in [0.25, 0.3) is 0 Å². The first-order chi connectivity index (χ1) is 5.33. The van der Waals surface area contributed by atoms with Gasteiger partial charge < -0.3 is 4.74 Å². The molecule has 0 N–H and O–H groups in total. The highest BCUT2D eigenvalue weighted by atomic mass is 16.5. The van der Waals surface area contributed by atoms with Crippen LogP contribution in [0.15, 0.2) is 0 Å². The fraction of sp³-hybridized carbons (Fsp3) is 0.900. The van der Waals surface area contributed by atoms with Crippen LogP contribution in [0.1, 0.15) is 45.4 Å². The third-order valence-electron chi connectivity index (χ3n) is 2.54. The molecule has 1 rings (SSSR count). The molecule has 1 aliphatic carbocycles. The monoisotopic (exact) mass is 155 g/mol. The van der Waals surface area contributed by atoms with Crippen LogP contribution >= 0.6 is 0 Å². The van der Waals surface area contributed by atoms with E-state index >= 15 is 0 Å². The molecule has 1 saturated carbocycles. The first-order valence-corrected chi connectivity index (χ1v) is 4.69. The van der Waals surface area contributed by atoms with Crippen LogP contribution in [-0.4, -0.2) is 13.2 Å². The number of hydrogen-bond donors (Lipinski definition) is 0. The first-order valence-electron chi connectivity index (χ1n) is 4.69. The van der Waals surface area contributed by atoms with E-state index in [9.17, 15) is 0 Å². The lowest BCUT2D eigenvalue weighted by Crippen LogP contribution is -2.13. The fourth-order valence-electron chi connectivity index (χ4n) is 1.75. The van der Waals surface area contributed by atoms with Gasteiger partial charge in [-0.05, 0) is 32.1 Å². The third-order valence-corrected chi connectivity index (χ3v) is 2.54. The molecular weight excluding hydrogens is 136 g/mol. The molecule has 65 valence electrons. The molecule has 11 heavy (non-hydrogen) atoms. The summed E-state index contributed by atoms with van der Waals surface area (Å²) in [5.41, 5.74) is 0. The lowest BCUT2D eigenvalue weighted by atomic mass is 9.86. The Kier molecular flexibility index (Phi) is 3.92. The molecule has 0 saturated heterocycles. The summed E-state index contributed by atoms with van der Waals surface area (Å²) in [7, 11) is 1.80. The molecule has 1 unspecified atom stereocenters. The quantitative estimate of drug-likeness (QED) is 0.609. The van der Waals surface area contributed by atoms with Gasteiger partial charge in [-0.25, -0.2) is 0 Å². The Balaban J connectivity index is 2.13. The zero-order chi connectivity index (χ0) is 8.10. The Bertz CT molecular complexity index is 95.0. The SMILES string of the molecule is COC(C)C[C]1CCCCC1. The molecule has 1 fully saturated rings. The minimum absolute atomic E-state index is 0.433. The molecule has 1 nitrogen and oxygen atoms in total. The summed E-state index contributed by atoms with van der Waals surface area (Å²) in [5.74, 6) is 1.73. The van der Waals surface area contributed by atoms with Crippen LogP contribution in [0, 0.1) is 5.92 Å². The van der Waals surface area contributed by atoms with E-state index in [-0.39, 0.29) is 0 Å². The van der Waals surface area contributed by atoms with Gasteiger partial charge in [0.15, 0.2) is 0 Å². The Morgan fingerprint density at radius 2 is 1.91 bits per heavy atom. The van der Waals surface area contributed by atoms with Crippen LogP contribution < -0.4 is 0 Å². The van der Waals surface area contributed by atoms with Crippen molar-refractivity contribution in [3.63, 3.8) is 0 Å². The van der Waals surface area contributed by atoms with Crippen molar-refractivity contribution in [3.8, 4) is 0 Å². The van der Waals surface area contributed by atoms with Gasteiger partial charge in [-0.3, -0.25) is 0 Å². The topological polar surface area (TPSA) is 9.23 Å². The van der Waals surface area contributed by atoms with Crippen LogP contribution in [0.3, 0.4) is 0 Å². The largest absolute Gasteiger partial charge is 0.382 e. The molecule has 0 aromatic heterocycles. The summed E-state index contributed by atoms with van der Waals surface area (Å²) in [6.07, 6.45) is 8.59. The first kappa shape index (κ1) is 9.05. The minimum atomic E-state index is 0.433. The van der Waals surface area contributed by atoms with Gasteiger partial charge in [0.2, 0.25) is 0 Å². The molecule has 0 spiro atoms. The predicted octanol–water partition coefficient (Wildman–Crippen LogP) is 2.95. The standard InChI is InChI=1S/C10H19O/c1-9(11-2)8-10-6-4-3-5-7-10/h9H,3-8H2,1-2H3. The van der Waals surface area contributed by atoms with Crippen molar-refractivity contribution in [3.05, 3.63) is 5.92 Å². The molecule has 0 aromatic carbocycles. The van der Waals surface area contributed by atoms with E-state index in [0.717, 1.165) is 0 Å². The molecule has 0 bridgehead atoms. The maximum absolute atomic E-state index is 5.23.